The van der Waals surface area contributed by atoms with Crippen molar-refractivity contribution in [2.75, 3.05) is 6.61 Å². The highest BCUT2D eigenvalue weighted by molar-refractivity contribution is 4.73. The van der Waals surface area contributed by atoms with Crippen LogP contribution in [-0.4, -0.2) is 11.7 Å². The molecule has 0 aromatic heterocycles. The summed E-state index contributed by atoms with van der Waals surface area (Å²) in [6.07, 6.45) is 23.8. The molecule has 1 heteroatoms. The zero-order chi connectivity index (χ0) is 27.3. The highest BCUT2D eigenvalue weighted by Gasteiger charge is 2.21. The van der Waals surface area contributed by atoms with E-state index in [-0.39, 0.29) is 0 Å². The molecule has 1 nitrogen and oxygen atoms in total. The summed E-state index contributed by atoms with van der Waals surface area (Å²) in [5, 5.41) is 9.37. The first-order valence-electron chi connectivity index (χ1n) is 16.8. The molecule has 0 aliphatic carbocycles. The van der Waals surface area contributed by atoms with Crippen molar-refractivity contribution in [2.24, 2.45) is 47.3 Å². The lowest BCUT2D eigenvalue weighted by Gasteiger charge is -2.28. The van der Waals surface area contributed by atoms with E-state index >= 15 is 0 Å². The third-order valence-corrected chi connectivity index (χ3v) is 9.48. The third kappa shape index (κ3) is 18.3. The van der Waals surface area contributed by atoms with Gasteiger partial charge in [-0.05, 0) is 73.0 Å². The van der Waals surface area contributed by atoms with Crippen LogP contribution in [0.25, 0.3) is 0 Å². The smallest absolute Gasteiger partial charge is 0.0456 e. The van der Waals surface area contributed by atoms with Crippen molar-refractivity contribution < 1.29 is 5.11 Å². The zero-order valence-corrected chi connectivity index (χ0v) is 26.8. The van der Waals surface area contributed by atoms with Gasteiger partial charge in [0.25, 0.3) is 0 Å². The first-order chi connectivity index (χ1) is 17.2. The maximum Gasteiger partial charge on any atom is 0.0456 e. The summed E-state index contributed by atoms with van der Waals surface area (Å²) >= 11 is 0. The number of unbranched alkanes of at least 4 members (excludes halogenated alkanes) is 1. The summed E-state index contributed by atoms with van der Waals surface area (Å²) < 4.78 is 0. The van der Waals surface area contributed by atoms with Gasteiger partial charge in [0, 0.05) is 6.61 Å². The first kappa shape index (κ1) is 36.0. The zero-order valence-electron chi connectivity index (χ0n) is 26.8. The van der Waals surface area contributed by atoms with Crippen molar-refractivity contribution in [1.82, 2.24) is 0 Å². The van der Waals surface area contributed by atoms with Gasteiger partial charge in [0.2, 0.25) is 0 Å². The quantitative estimate of drug-likeness (QED) is 0.130. The highest BCUT2D eigenvalue weighted by Crippen LogP contribution is 2.34. The molecule has 0 aliphatic heterocycles. The van der Waals surface area contributed by atoms with Gasteiger partial charge < -0.3 is 5.11 Å². The Morgan fingerprint density at radius 2 is 1.14 bits per heavy atom. The van der Waals surface area contributed by atoms with Crippen LogP contribution in [0.2, 0.25) is 0 Å². The van der Waals surface area contributed by atoms with Crippen LogP contribution >= 0.6 is 0 Å². The van der Waals surface area contributed by atoms with Gasteiger partial charge in [0.15, 0.2) is 0 Å². The first-order valence-corrected chi connectivity index (χ1v) is 16.8. The summed E-state index contributed by atoms with van der Waals surface area (Å²) in [5.41, 5.74) is 0. The molecule has 0 saturated heterocycles. The van der Waals surface area contributed by atoms with Crippen molar-refractivity contribution in [1.29, 1.82) is 0 Å². The van der Waals surface area contributed by atoms with Gasteiger partial charge in [-0.15, -0.1) is 0 Å². The Morgan fingerprint density at radius 3 is 1.67 bits per heavy atom. The lowest BCUT2D eigenvalue weighted by atomic mass is 9.78. The molecule has 7 atom stereocenters. The van der Waals surface area contributed by atoms with E-state index < -0.39 is 0 Å². The highest BCUT2D eigenvalue weighted by atomic mass is 16.3. The van der Waals surface area contributed by atoms with Crippen LogP contribution in [0.15, 0.2) is 0 Å². The van der Waals surface area contributed by atoms with Crippen LogP contribution in [0.4, 0.5) is 0 Å². The Bertz CT molecular complexity index is 458. The molecule has 0 spiro atoms. The molecule has 0 rings (SSSR count). The Labute approximate surface area is 230 Å². The molecule has 0 aromatic carbocycles. The normalized spacial score (nSPS) is 18.1. The monoisotopic (exact) mass is 509 g/mol. The van der Waals surface area contributed by atoms with Gasteiger partial charge >= 0.3 is 0 Å². The molecule has 0 radical (unpaired) electrons. The summed E-state index contributed by atoms with van der Waals surface area (Å²) in [6, 6.07) is 0. The molecule has 0 heterocycles. The summed E-state index contributed by atoms with van der Waals surface area (Å²) in [4.78, 5) is 0. The molecule has 0 bridgehead atoms. The van der Waals surface area contributed by atoms with Crippen molar-refractivity contribution in [3.63, 3.8) is 0 Å². The van der Waals surface area contributed by atoms with Gasteiger partial charge in [0.1, 0.15) is 0 Å². The average molecular weight is 509 g/mol. The molecule has 36 heavy (non-hydrogen) atoms. The number of hydrogen-bond donors (Lipinski definition) is 1. The van der Waals surface area contributed by atoms with Crippen LogP contribution in [0, 0.1) is 47.3 Å². The van der Waals surface area contributed by atoms with Crippen molar-refractivity contribution in [2.45, 2.75) is 171 Å². The maximum absolute atomic E-state index is 9.37. The fourth-order valence-corrected chi connectivity index (χ4v) is 6.86. The lowest BCUT2D eigenvalue weighted by Crippen LogP contribution is -2.16. The molecular formula is C35H72O. The Morgan fingerprint density at radius 1 is 0.500 bits per heavy atom. The van der Waals surface area contributed by atoms with Crippen LogP contribution in [0.5, 0.6) is 0 Å². The molecule has 0 aromatic rings. The number of rotatable bonds is 25. The number of aliphatic hydroxyl groups excluding tert-OH is 1. The van der Waals surface area contributed by atoms with E-state index in [0.29, 0.717) is 12.5 Å². The van der Waals surface area contributed by atoms with Crippen LogP contribution in [0.3, 0.4) is 0 Å². The van der Waals surface area contributed by atoms with E-state index in [1.165, 1.54) is 109 Å². The second kappa shape index (κ2) is 22.9. The summed E-state index contributed by atoms with van der Waals surface area (Å²) in [6.45, 7) is 21.9. The third-order valence-electron chi connectivity index (χ3n) is 9.48. The molecule has 0 amide bonds. The molecule has 0 saturated carbocycles. The van der Waals surface area contributed by atoms with Gasteiger partial charge in [0.05, 0.1) is 0 Å². The molecule has 0 aliphatic rings. The van der Waals surface area contributed by atoms with Crippen molar-refractivity contribution >= 4 is 0 Å². The maximum atomic E-state index is 9.37. The molecule has 1 N–H and O–H groups in total. The SMILES string of the molecule is CCCCC(CCC(CC)CC(CCC)CCC(CCCC(C)CC(C)CO)CC(C)C)C(C)CC. The summed E-state index contributed by atoms with van der Waals surface area (Å²) in [5.74, 6) is 6.66. The van der Waals surface area contributed by atoms with Gasteiger partial charge in [-0.2, -0.15) is 0 Å². The largest absolute Gasteiger partial charge is 0.396 e. The van der Waals surface area contributed by atoms with Gasteiger partial charge in [-0.3, -0.25) is 0 Å². The van der Waals surface area contributed by atoms with E-state index in [4.69, 9.17) is 0 Å². The Balaban J connectivity index is 4.82. The topological polar surface area (TPSA) is 20.2 Å². The molecule has 218 valence electrons. The fourth-order valence-electron chi connectivity index (χ4n) is 6.86. The number of aliphatic hydroxyl groups is 1. The second-order valence-electron chi connectivity index (χ2n) is 13.7. The average Bonchev–Trinajstić information content (AvgIpc) is 2.85. The second-order valence-corrected chi connectivity index (χ2v) is 13.7. The van der Waals surface area contributed by atoms with E-state index in [9.17, 15) is 5.11 Å². The minimum Gasteiger partial charge on any atom is -0.396 e. The minimum absolute atomic E-state index is 0.342. The Kier molecular flexibility index (Phi) is 22.9. The number of hydrogen-bond acceptors (Lipinski definition) is 1. The molecule has 7 unspecified atom stereocenters. The van der Waals surface area contributed by atoms with Gasteiger partial charge in [-0.25, -0.2) is 0 Å². The van der Waals surface area contributed by atoms with E-state index in [1.807, 2.05) is 0 Å². The Hall–Kier alpha value is -0.0400. The van der Waals surface area contributed by atoms with Crippen molar-refractivity contribution in [3.05, 3.63) is 0 Å². The van der Waals surface area contributed by atoms with E-state index in [0.717, 1.165) is 41.4 Å². The minimum atomic E-state index is 0.342. The predicted octanol–water partition coefficient (Wildman–Crippen LogP) is 11.7. The van der Waals surface area contributed by atoms with Crippen molar-refractivity contribution in [3.8, 4) is 0 Å². The van der Waals surface area contributed by atoms with E-state index in [1.54, 1.807) is 0 Å². The lowest BCUT2D eigenvalue weighted by molar-refractivity contribution is 0.210. The van der Waals surface area contributed by atoms with Crippen LogP contribution in [0.1, 0.15) is 171 Å². The van der Waals surface area contributed by atoms with Crippen LogP contribution in [-0.2, 0) is 0 Å². The molecule has 0 fully saturated rings. The standard InChI is InChI=1S/C35H72O/c1-10-14-19-35(31(9)12-3)23-22-32(13-4)26-33(16-11-2)20-21-34(24-28(5)6)18-15-17-29(7)25-30(8)27-36/h28-36H,10-27H2,1-9H3. The van der Waals surface area contributed by atoms with E-state index in [2.05, 4.69) is 62.3 Å². The molecular weight excluding hydrogens is 436 g/mol. The predicted molar refractivity (Wildman–Crippen MR) is 165 cm³/mol. The van der Waals surface area contributed by atoms with Gasteiger partial charge in [-0.1, -0.05) is 146 Å². The van der Waals surface area contributed by atoms with Crippen LogP contribution < -0.4 is 0 Å². The summed E-state index contributed by atoms with van der Waals surface area (Å²) in [7, 11) is 0. The fraction of sp³-hybridized carbons (Fsp3) is 1.00.